The summed E-state index contributed by atoms with van der Waals surface area (Å²) in [4.78, 5) is 5.44. The Morgan fingerprint density at radius 3 is 3.14 bits per heavy atom. The third-order valence-corrected chi connectivity index (χ3v) is 4.81. The molecule has 0 fully saturated rings. The molecule has 0 saturated carbocycles. The summed E-state index contributed by atoms with van der Waals surface area (Å²) in [5.74, 6) is 1.82. The van der Waals surface area contributed by atoms with Gasteiger partial charge in [0.25, 0.3) is 5.89 Å². The molecule has 2 aromatic heterocycles. The molecule has 3 aromatic rings. The molecule has 7 heteroatoms. The highest BCUT2D eigenvalue weighted by Gasteiger charge is 2.20. The van der Waals surface area contributed by atoms with Gasteiger partial charge in [-0.2, -0.15) is 4.98 Å². The van der Waals surface area contributed by atoms with Crippen molar-refractivity contribution in [2.45, 2.75) is 0 Å². The van der Waals surface area contributed by atoms with E-state index in [9.17, 15) is 0 Å². The number of thiophene rings is 1. The normalized spacial score (nSPS) is 13.4. The van der Waals surface area contributed by atoms with Crippen LogP contribution in [0.4, 0.5) is 5.69 Å². The summed E-state index contributed by atoms with van der Waals surface area (Å²) in [7, 11) is 0. The summed E-state index contributed by atoms with van der Waals surface area (Å²) >= 11 is 4.99. The summed E-state index contributed by atoms with van der Waals surface area (Å²) in [5, 5.41) is 9.34. The van der Waals surface area contributed by atoms with Crippen LogP contribution < -0.4 is 10.1 Å². The second-order valence-corrected chi connectivity index (χ2v) is 6.34. The number of para-hydroxylation sites is 1. The van der Waals surface area contributed by atoms with Crippen LogP contribution in [-0.2, 0) is 0 Å². The summed E-state index contributed by atoms with van der Waals surface area (Å²) in [6.07, 6.45) is 0. The number of nitrogens with zero attached hydrogens (tertiary/aromatic N) is 2. The third-order valence-electron chi connectivity index (χ3n) is 3.12. The van der Waals surface area contributed by atoms with Gasteiger partial charge in [0.15, 0.2) is 5.75 Å². The van der Waals surface area contributed by atoms with Gasteiger partial charge in [0.05, 0.1) is 16.1 Å². The second kappa shape index (κ2) is 5.16. The Labute approximate surface area is 133 Å². The van der Waals surface area contributed by atoms with E-state index >= 15 is 0 Å². The van der Waals surface area contributed by atoms with Crippen molar-refractivity contribution in [1.82, 2.24) is 10.1 Å². The van der Waals surface area contributed by atoms with Crippen LogP contribution in [0.15, 0.2) is 38.6 Å². The Hall–Kier alpha value is -1.86. The van der Waals surface area contributed by atoms with Crippen molar-refractivity contribution in [2.24, 2.45) is 0 Å². The minimum atomic E-state index is 0.468. The Balaban J connectivity index is 1.76. The van der Waals surface area contributed by atoms with Gasteiger partial charge < -0.3 is 14.6 Å². The molecule has 21 heavy (non-hydrogen) atoms. The molecule has 0 spiro atoms. The van der Waals surface area contributed by atoms with E-state index in [1.54, 1.807) is 11.3 Å². The maximum atomic E-state index is 5.73. The van der Waals surface area contributed by atoms with Crippen LogP contribution in [0.2, 0.25) is 0 Å². The lowest BCUT2D eigenvalue weighted by Gasteiger charge is -2.20. The fourth-order valence-corrected chi connectivity index (χ4v) is 3.55. The number of benzene rings is 1. The Morgan fingerprint density at radius 1 is 1.33 bits per heavy atom. The molecular formula is C14H10BrN3O2S. The minimum Gasteiger partial charge on any atom is -0.489 e. The average Bonchev–Trinajstić information content (AvgIpc) is 3.15. The molecule has 0 atom stereocenters. The monoisotopic (exact) mass is 363 g/mol. The lowest BCUT2D eigenvalue weighted by molar-refractivity contribution is 0.322. The third kappa shape index (κ3) is 2.32. The molecule has 0 bridgehead atoms. The van der Waals surface area contributed by atoms with Crippen molar-refractivity contribution < 1.29 is 9.26 Å². The van der Waals surface area contributed by atoms with Gasteiger partial charge in [0.1, 0.15) is 6.61 Å². The first-order chi connectivity index (χ1) is 10.3. The van der Waals surface area contributed by atoms with E-state index < -0.39 is 0 Å². The average molecular weight is 364 g/mol. The van der Waals surface area contributed by atoms with Crippen LogP contribution >= 0.6 is 27.3 Å². The van der Waals surface area contributed by atoms with Crippen molar-refractivity contribution in [3.8, 4) is 27.9 Å². The highest BCUT2D eigenvalue weighted by atomic mass is 79.9. The molecule has 1 aliphatic heterocycles. The summed E-state index contributed by atoms with van der Waals surface area (Å²) < 4.78 is 12.1. The fraction of sp³-hybridized carbons (Fsp3) is 0.143. The number of hydrogen-bond acceptors (Lipinski definition) is 6. The molecule has 0 radical (unpaired) electrons. The fourth-order valence-electron chi connectivity index (χ4n) is 2.20. The molecule has 1 N–H and O–H groups in total. The first-order valence-corrected chi connectivity index (χ1v) is 8.07. The molecule has 1 aromatic carbocycles. The lowest BCUT2D eigenvalue weighted by Crippen LogP contribution is -2.18. The highest BCUT2D eigenvalue weighted by Crippen LogP contribution is 2.38. The van der Waals surface area contributed by atoms with Crippen molar-refractivity contribution in [2.75, 3.05) is 18.5 Å². The molecule has 4 rings (SSSR count). The molecule has 3 heterocycles. The number of halogens is 1. The van der Waals surface area contributed by atoms with Gasteiger partial charge >= 0.3 is 0 Å². The van der Waals surface area contributed by atoms with Crippen LogP contribution in [0.25, 0.3) is 22.2 Å². The van der Waals surface area contributed by atoms with Crippen molar-refractivity contribution >= 4 is 33.0 Å². The molecular weight excluding hydrogens is 354 g/mol. The smallest absolute Gasteiger partial charge is 0.262 e. The van der Waals surface area contributed by atoms with E-state index in [0.717, 1.165) is 32.9 Å². The number of aromatic nitrogens is 2. The Bertz CT molecular complexity index is 799. The molecule has 106 valence electrons. The number of anilines is 1. The topological polar surface area (TPSA) is 60.2 Å². The van der Waals surface area contributed by atoms with Gasteiger partial charge in [-0.05, 0) is 34.1 Å². The van der Waals surface area contributed by atoms with Crippen molar-refractivity contribution in [1.29, 1.82) is 0 Å². The molecule has 0 aliphatic carbocycles. The zero-order chi connectivity index (χ0) is 14.2. The van der Waals surface area contributed by atoms with E-state index in [1.165, 1.54) is 0 Å². The summed E-state index contributed by atoms with van der Waals surface area (Å²) in [6.45, 7) is 1.43. The van der Waals surface area contributed by atoms with Gasteiger partial charge in [0.2, 0.25) is 5.82 Å². The van der Waals surface area contributed by atoms with Crippen LogP contribution in [0.5, 0.6) is 5.75 Å². The van der Waals surface area contributed by atoms with Gasteiger partial charge in [-0.3, -0.25) is 0 Å². The van der Waals surface area contributed by atoms with Crippen LogP contribution in [0, 0.1) is 0 Å². The molecule has 0 saturated heterocycles. The standard InChI is InChI=1S/C14H10BrN3O2S/c15-8-6-11(21-7-8)13-17-14(20-18-13)9-2-1-3-10-12(9)19-5-4-16-10/h1-3,6-7,16H,4-5H2. The summed E-state index contributed by atoms with van der Waals surface area (Å²) in [5.41, 5.74) is 1.77. The highest BCUT2D eigenvalue weighted by molar-refractivity contribution is 9.10. The second-order valence-electron chi connectivity index (χ2n) is 4.51. The first-order valence-electron chi connectivity index (χ1n) is 6.39. The van der Waals surface area contributed by atoms with Gasteiger partial charge in [-0.1, -0.05) is 11.2 Å². The number of hydrogen-bond donors (Lipinski definition) is 1. The van der Waals surface area contributed by atoms with Crippen molar-refractivity contribution in [3.63, 3.8) is 0 Å². The molecule has 0 amide bonds. The predicted octanol–water partition coefficient (Wildman–Crippen LogP) is 4.03. The van der Waals surface area contributed by atoms with Gasteiger partial charge in [0, 0.05) is 16.4 Å². The molecule has 1 aliphatic rings. The summed E-state index contributed by atoms with van der Waals surface area (Å²) in [6, 6.07) is 7.82. The van der Waals surface area contributed by atoms with Gasteiger partial charge in [-0.15, -0.1) is 11.3 Å². The van der Waals surface area contributed by atoms with Crippen molar-refractivity contribution in [3.05, 3.63) is 34.1 Å². The predicted molar refractivity (Wildman–Crippen MR) is 84.7 cm³/mol. The zero-order valence-electron chi connectivity index (χ0n) is 10.8. The van der Waals surface area contributed by atoms with Gasteiger partial charge in [-0.25, -0.2) is 0 Å². The maximum Gasteiger partial charge on any atom is 0.262 e. The Morgan fingerprint density at radius 2 is 2.29 bits per heavy atom. The zero-order valence-corrected chi connectivity index (χ0v) is 13.2. The van der Waals surface area contributed by atoms with E-state index in [1.807, 2.05) is 29.6 Å². The van der Waals surface area contributed by atoms with Crippen LogP contribution in [-0.4, -0.2) is 23.3 Å². The number of fused-ring (bicyclic) bond motifs is 1. The largest absolute Gasteiger partial charge is 0.489 e. The SMILES string of the molecule is Brc1csc(-c2noc(-c3cccc4c3OCCN4)n2)c1. The van der Waals surface area contributed by atoms with Crippen LogP contribution in [0.1, 0.15) is 0 Å². The van der Waals surface area contributed by atoms with E-state index in [-0.39, 0.29) is 0 Å². The number of nitrogens with one attached hydrogen (secondary N) is 1. The van der Waals surface area contributed by atoms with E-state index in [4.69, 9.17) is 9.26 Å². The first kappa shape index (κ1) is 12.8. The lowest BCUT2D eigenvalue weighted by atomic mass is 10.1. The number of rotatable bonds is 2. The number of ether oxygens (including phenoxy) is 1. The quantitative estimate of drug-likeness (QED) is 0.744. The Kier molecular flexibility index (Phi) is 3.16. The molecule has 5 nitrogen and oxygen atoms in total. The van der Waals surface area contributed by atoms with E-state index in [2.05, 4.69) is 31.4 Å². The molecule has 0 unspecified atom stereocenters. The van der Waals surface area contributed by atoms with E-state index in [0.29, 0.717) is 18.3 Å². The minimum absolute atomic E-state index is 0.468. The maximum absolute atomic E-state index is 5.73. The van der Waals surface area contributed by atoms with Crippen LogP contribution in [0.3, 0.4) is 0 Å².